The third-order valence-electron chi connectivity index (χ3n) is 6.27. The molecule has 10 heteroatoms. The average Bonchev–Trinajstić information content (AvgIpc) is 2.96. The van der Waals surface area contributed by atoms with Crippen LogP contribution >= 0.6 is 0 Å². The Hall–Kier alpha value is -4.05. The summed E-state index contributed by atoms with van der Waals surface area (Å²) in [5.41, 5.74) is 1.08. The molecule has 0 bridgehead atoms. The molecule has 0 aliphatic heterocycles. The number of benzene rings is 3. The van der Waals surface area contributed by atoms with Gasteiger partial charge in [-0.2, -0.15) is 0 Å². The molecular weight excluding hydrogens is 530 g/mol. The number of hydrogen-bond acceptors (Lipinski definition) is 6. The van der Waals surface area contributed by atoms with Crippen molar-refractivity contribution in [1.29, 1.82) is 0 Å². The van der Waals surface area contributed by atoms with Crippen molar-refractivity contribution in [1.82, 2.24) is 10.2 Å². The van der Waals surface area contributed by atoms with Crippen LogP contribution < -0.4 is 19.1 Å². The van der Waals surface area contributed by atoms with Crippen LogP contribution in [-0.4, -0.2) is 58.0 Å². The first kappa shape index (κ1) is 30.5. The highest BCUT2D eigenvalue weighted by Crippen LogP contribution is 2.26. The molecule has 0 unspecified atom stereocenters. The Morgan fingerprint density at radius 1 is 0.900 bits per heavy atom. The van der Waals surface area contributed by atoms with Gasteiger partial charge in [0.15, 0.2) is 0 Å². The molecule has 3 aromatic carbocycles. The Labute approximate surface area is 236 Å². The van der Waals surface area contributed by atoms with E-state index in [1.54, 1.807) is 74.7 Å². The predicted octanol–water partition coefficient (Wildman–Crippen LogP) is 4.23. The number of ether oxygens (including phenoxy) is 2. The first-order chi connectivity index (χ1) is 19.2. The van der Waals surface area contributed by atoms with E-state index >= 15 is 0 Å². The third-order valence-corrected chi connectivity index (χ3v) is 8.06. The molecule has 0 saturated heterocycles. The maximum Gasteiger partial charge on any atom is 0.264 e. The van der Waals surface area contributed by atoms with Crippen LogP contribution in [0.15, 0.2) is 83.8 Å². The molecule has 3 rings (SSSR count). The van der Waals surface area contributed by atoms with Crippen LogP contribution in [0.2, 0.25) is 0 Å². The van der Waals surface area contributed by atoms with Crippen molar-refractivity contribution in [3.8, 4) is 11.5 Å². The van der Waals surface area contributed by atoms with E-state index in [0.717, 1.165) is 9.87 Å². The summed E-state index contributed by atoms with van der Waals surface area (Å²) in [7, 11) is -2.60. The molecule has 0 radical (unpaired) electrons. The van der Waals surface area contributed by atoms with E-state index in [2.05, 4.69) is 5.32 Å². The van der Waals surface area contributed by atoms with Crippen molar-refractivity contribution in [3.63, 3.8) is 0 Å². The van der Waals surface area contributed by atoms with E-state index in [-0.39, 0.29) is 17.3 Å². The molecule has 3 aromatic rings. The highest BCUT2D eigenvalue weighted by atomic mass is 32.2. The third kappa shape index (κ3) is 7.53. The first-order valence-electron chi connectivity index (χ1n) is 13.3. The van der Waals surface area contributed by atoms with Gasteiger partial charge in [-0.3, -0.25) is 13.9 Å². The Morgan fingerprint density at radius 2 is 1.60 bits per heavy atom. The highest BCUT2D eigenvalue weighted by molar-refractivity contribution is 7.92. The Morgan fingerprint density at radius 3 is 2.20 bits per heavy atom. The molecule has 0 fully saturated rings. The zero-order valence-corrected chi connectivity index (χ0v) is 24.2. The summed E-state index contributed by atoms with van der Waals surface area (Å²) >= 11 is 0. The lowest BCUT2D eigenvalue weighted by atomic mass is 10.1. The second kappa shape index (κ2) is 14.4. The molecule has 1 atom stereocenters. The van der Waals surface area contributed by atoms with Crippen LogP contribution in [0.4, 0.5) is 5.69 Å². The Balaban J connectivity index is 2.03. The van der Waals surface area contributed by atoms with E-state index in [4.69, 9.17) is 9.47 Å². The van der Waals surface area contributed by atoms with Crippen LogP contribution in [0, 0.1) is 0 Å². The number of likely N-dealkylation sites (N-methyl/N-ethyl adjacent to an activating group) is 1. The van der Waals surface area contributed by atoms with Gasteiger partial charge in [0.05, 0.1) is 24.3 Å². The van der Waals surface area contributed by atoms with Crippen LogP contribution in [0.5, 0.6) is 11.5 Å². The van der Waals surface area contributed by atoms with Crippen molar-refractivity contribution >= 4 is 27.5 Å². The maximum atomic E-state index is 14.0. The molecule has 0 aliphatic rings. The van der Waals surface area contributed by atoms with Gasteiger partial charge in [0.25, 0.3) is 10.0 Å². The molecule has 9 nitrogen and oxygen atoms in total. The number of rotatable bonds is 14. The minimum atomic E-state index is -4.15. The number of carbonyl (C=O) groups excluding carboxylic acids is 2. The molecular formula is C30H37N3O6S. The van der Waals surface area contributed by atoms with Gasteiger partial charge in [-0.15, -0.1) is 0 Å². The number of sulfonamides is 1. The molecule has 214 valence electrons. The summed E-state index contributed by atoms with van der Waals surface area (Å²) in [6.07, 6.45) is 0.346. The molecule has 0 aliphatic carbocycles. The topological polar surface area (TPSA) is 105 Å². The summed E-state index contributed by atoms with van der Waals surface area (Å²) in [5, 5.41) is 2.80. The molecule has 1 N–H and O–H groups in total. The van der Waals surface area contributed by atoms with Crippen molar-refractivity contribution < 1.29 is 27.5 Å². The Kier molecular flexibility index (Phi) is 11.0. The number of nitrogens with one attached hydrogen (secondary N) is 1. The zero-order valence-electron chi connectivity index (χ0n) is 23.4. The van der Waals surface area contributed by atoms with Crippen LogP contribution in [0.25, 0.3) is 0 Å². The lowest BCUT2D eigenvalue weighted by Crippen LogP contribution is -2.52. The highest BCUT2D eigenvalue weighted by Gasteiger charge is 2.33. The smallest absolute Gasteiger partial charge is 0.264 e. The minimum absolute atomic E-state index is 0.0164. The molecule has 0 heterocycles. The van der Waals surface area contributed by atoms with E-state index in [1.807, 2.05) is 19.9 Å². The van der Waals surface area contributed by atoms with E-state index in [0.29, 0.717) is 36.8 Å². The molecule has 0 saturated carbocycles. The lowest BCUT2D eigenvalue weighted by Gasteiger charge is -2.33. The Bertz CT molecular complexity index is 1360. The number of amides is 2. The average molecular weight is 568 g/mol. The number of nitrogens with zero attached hydrogens (tertiary/aromatic N) is 2. The van der Waals surface area contributed by atoms with Gasteiger partial charge in [0.2, 0.25) is 11.8 Å². The lowest BCUT2D eigenvalue weighted by molar-refractivity contribution is -0.140. The SMILES string of the molecule is CCNC(=O)[C@H](CC)N(Cc1cccc(OC)c1)C(=O)CN(c1ccccc1)S(=O)(=O)c1ccc(OCC)cc1. The van der Waals surface area contributed by atoms with Gasteiger partial charge < -0.3 is 19.7 Å². The largest absolute Gasteiger partial charge is 0.497 e. The van der Waals surface area contributed by atoms with Crippen LogP contribution in [-0.2, 0) is 26.2 Å². The van der Waals surface area contributed by atoms with Gasteiger partial charge >= 0.3 is 0 Å². The fraction of sp³-hybridized carbons (Fsp3) is 0.333. The molecule has 2 amide bonds. The summed E-state index contributed by atoms with van der Waals surface area (Å²) in [6.45, 7) is 5.91. The van der Waals surface area contributed by atoms with E-state index in [1.165, 1.54) is 17.0 Å². The summed E-state index contributed by atoms with van der Waals surface area (Å²) in [4.78, 5) is 28.5. The first-order valence-corrected chi connectivity index (χ1v) is 14.7. The van der Waals surface area contributed by atoms with Crippen molar-refractivity contribution in [2.45, 2.75) is 44.7 Å². The summed E-state index contributed by atoms with van der Waals surface area (Å²) in [5.74, 6) is 0.335. The fourth-order valence-corrected chi connectivity index (χ4v) is 5.72. The van der Waals surface area contributed by atoms with Gasteiger partial charge in [-0.1, -0.05) is 37.3 Å². The molecule has 40 heavy (non-hydrogen) atoms. The maximum absolute atomic E-state index is 14.0. The van der Waals surface area contributed by atoms with Crippen LogP contribution in [0.3, 0.4) is 0 Å². The standard InChI is InChI=1S/C30H37N3O6S/c1-5-28(30(35)31-6-2)32(21-23-12-11-15-26(20-23)38-4)29(34)22-33(24-13-9-8-10-14-24)40(36,37)27-18-16-25(17-19-27)39-7-3/h8-20,28H,5-7,21-22H2,1-4H3,(H,31,35)/t28-/m0/s1. The normalized spacial score (nSPS) is 11.8. The number of anilines is 1. The molecule has 0 aromatic heterocycles. The summed E-state index contributed by atoms with van der Waals surface area (Å²) < 4.78 is 39.7. The van der Waals surface area contributed by atoms with E-state index < -0.39 is 28.5 Å². The second-order valence-corrected chi connectivity index (χ2v) is 10.8. The summed E-state index contributed by atoms with van der Waals surface area (Å²) in [6, 6.07) is 20.9. The quantitative estimate of drug-likeness (QED) is 0.313. The van der Waals surface area contributed by atoms with Gasteiger partial charge in [-0.05, 0) is 74.4 Å². The van der Waals surface area contributed by atoms with Gasteiger partial charge in [0.1, 0.15) is 24.1 Å². The minimum Gasteiger partial charge on any atom is -0.497 e. The number of methoxy groups -OCH3 is 1. The number of hydrogen-bond donors (Lipinski definition) is 1. The van der Waals surface area contributed by atoms with Crippen molar-refractivity contribution in [2.75, 3.05) is 31.1 Å². The van der Waals surface area contributed by atoms with Crippen LogP contribution in [0.1, 0.15) is 32.8 Å². The van der Waals surface area contributed by atoms with Gasteiger partial charge in [-0.25, -0.2) is 8.42 Å². The van der Waals surface area contributed by atoms with Crippen molar-refractivity contribution in [2.24, 2.45) is 0 Å². The number of para-hydroxylation sites is 1. The van der Waals surface area contributed by atoms with Gasteiger partial charge in [0, 0.05) is 13.1 Å². The second-order valence-electron chi connectivity index (χ2n) is 8.94. The predicted molar refractivity (Wildman–Crippen MR) is 155 cm³/mol. The molecule has 0 spiro atoms. The van der Waals surface area contributed by atoms with E-state index in [9.17, 15) is 18.0 Å². The van der Waals surface area contributed by atoms with Crippen molar-refractivity contribution in [3.05, 3.63) is 84.4 Å². The number of carbonyl (C=O) groups is 2. The monoisotopic (exact) mass is 567 g/mol. The zero-order chi connectivity index (χ0) is 29.1. The fourth-order valence-electron chi connectivity index (χ4n) is 4.30.